The Hall–Kier alpha value is -1.08. The van der Waals surface area contributed by atoms with Crippen LogP contribution in [0, 0.1) is 0 Å². The monoisotopic (exact) mass is 325 g/mol. The van der Waals surface area contributed by atoms with Crippen molar-refractivity contribution in [1.29, 1.82) is 0 Å². The summed E-state index contributed by atoms with van der Waals surface area (Å²) in [6.07, 6.45) is -4.86. The van der Waals surface area contributed by atoms with E-state index in [0.717, 1.165) is 11.1 Å². The molecule has 0 aromatic heterocycles. The number of carbonyl (C=O) groups excluding carboxylic acids is 1. The van der Waals surface area contributed by atoms with Crippen molar-refractivity contribution in [3.8, 4) is 0 Å². The number of halogens is 4. The van der Waals surface area contributed by atoms with Gasteiger partial charge in [-0.1, -0.05) is 22.0 Å². The number of likely N-dealkylation sites (N-methyl/N-ethyl adjacent to an activating group) is 1. The molecule has 0 heterocycles. The molecule has 100 valence electrons. The molecule has 0 radical (unpaired) electrons. The molecule has 3 nitrogen and oxygen atoms in total. The number of hydroxylamine groups is 2. The summed E-state index contributed by atoms with van der Waals surface area (Å²) in [5, 5.41) is 0.891. The zero-order valence-electron chi connectivity index (χ0n) is 9.71. The predicted octanol–water partition coefficient (Wildman–Crippen LogP) is 3.03. The molecule has 1 aromatic carbocycles. The van der Waals surface area contributed by atoms with Crippen LogP contribution in [0.3, 0.4) is 0 Å². The topological polar surface area (TPSA) is 29.5 Å². The minimum absolute atomic E-state index is 0.0837. The summed E-state index contributed by atoms with van der Waals surface area (Å²) in [7, 11) is 2.61. The first-order valence-corrected chi connectivity index (χ1v) is 5.71. The van der Waals surface area contributed by atoms with Crippen LogP contribution in [0.25, 0.3) is 0 Å². The molecule has 1 aromatic rings. The number of alkyl halides is 3. The maximum Gasteiger partial charge on any atom is 0.416 e. The number of hydrogen-bond donors (Lipinski definition) is 0. The van der Waals surface area contributed by atoms with Crippen molar-refractivity contribution in [3.05, 3.63) is 33.8 Å². The van der Waals surface area contributed by atoms with Crippen LogP contribution in [-0.4, -0.2) is 25.1 Å². The van der Waals surface area contributed by atoms with Crippen LogP contribution in [-0.2, 0) is 22.2 Å². The van der Waals surface area contributed by atoms with Crippen molar-refractivity contribution >= 4 is 21.8 Å². The molecule has 0 aliphatic carbocycles. The van der Waals surface area contributed by atoms with Crippen LogP contribution in [0.2, 0.25) is 0 Å². The van der Waals surface area contributed by atoms with Crippen molar-refractivity contribution in [1.82, 2.24) is 5.06 Å². The fourth-order valence-electron chi connectivity index (χ4n) is 1.34. The smallest absolute Gasteiger partial charge is 0.275 e. The summed E-state index contributed by atoms with van der Waals surface area (Å²) in [6.45, 7) is 0. The lowest BCUT2D eigenvalue weighted by Crippen LogP contribution is -2.27. The molecule has 0 aliphatic rings. The van der Waals surface area contributed by atoms with E-state index in [-0.39, 0.29) is 12.0 Å². The second kappa shape index (κ2) is 5.71. The predicted molar refractivity (Wildman–Crippen MR) is 62.6 cm³/mol. The molecule has 0 atom stereocenters. The lowest BCUT2D eigenvalue weighted by molar-refractivity contribution is -0.168. The third-order valence-corrected chi connectivity index (χ3v) is 2.84. The van der Waals surface area contributed by atoms with Crippen LogP contribution < -0.4 is 0 Å². The summed E-state index contributed by atoms with van der Waals surface area (Å²) in [4.78, 5) is 16.2. The summed E-state index contributed by atoms with van der Waals surface area (Å²) in [5.41, 5.74) is -0.908. The summed E-state index contributed by atoms with van der Waals surface area (Å²) >= 11 is 2.98. The van der Waals surface area contributed by atoms with Gasteiger partial charge in [-0.2, -0.15) is 13.2 Å². The molecule has 0 N–H and O–H groups in total. The Balaban J connectivity index is 3.06. The lowest BCUT2D eigenvalue weighted by atomic mass is 10.0. The SMILES string of the molecule is CON(C)C(=O)Cc1ccc(Br)cc1C(F)(F)F. The number of hydrogen-bond acceptors (Lipinski definition) is 2. The highest BCUT2D eigenvalue weighted by Crippen LogP contribution is 2.34. The highest BCUT2D eigenvalue weighted by molar-refractivity contribution is 9.10. The second-order valence-corrected chi connectivity index (χ2v) is 4.47. The first kappa shape index (κ1) is 15.0. The van der Waals surface area contributed by atoms with Crippen LogP contribution in [0.1, 0.15) is 11.1 Å². The number of amides is 1. The molecule has 0 unspecified atom stereocenters. The fourth-order valence-corrected chi connectivity index (χ4v) is 1.70. The Morgan fingerprint density at radius 1 is 1.44 bits per heavy atom. The van der Waals surface area contributed by atoms with Crippen LogP contribution in [0.4, 0.5) is 13.2 Å². The Morgan fingerprint density at radius 2 is 2.06 bits per heavy atom. The molecule has 7 heteroatoms. The average Bonchev–Trinajstić information content (AvgIpc) is 2.28. The summed E-state index contributed by atoms with van der Waals surface area (Å²) in [5.74, 6) is -0.551. The molecule has 18 heavy (non-hydrogen) atoms. The Kier molecular flexibility index (Phi) is 4.75. The van der Waals surface area contributed by atoms with Crippen molar-refractivity contribution in [2.45, 2.75) is 12.6 Å². The molecule has 0 aliphatic heterocycles. The minimum Gasteiger partial charge on any atom is -0.275 e. The van der Waals surface area contributed by atoms with E-state index in [1.54, 1.807) is 0 Å². The van der Waals surface area contributed by atoms with E-state index in [1.165, 1.54) is 26.3 Å². The van der Waals surface area contributed by atoms with Gasteiger partial charge in [-0.25, -0.2) is 5.06 Å². The quantitative estimate of drug-likeness (QED) is 0.799. The minimum atomic E-state index is -4.50. The normalized spacial score (nSPS) is 11.4. The second-order valence-electron chi connectivity index (χ2n) is 3.55. The van der Waals surface area contributed by atoms with Gasteiger partial charge in [0.1, 0.15) is 0 Å². The zero-order valence-corrected chi connectivity index (χ0v) is 11.3. The molecule has 0 bridgehead atoms. The molecule has 0 fully saturated rings. The van der Waals surface area contributed by atoms with Crippen molar-refractivity contribution in [3.63, 3.8) is 0 Å². The molecule has 0 saturated carbocycles. The third kappa shape index (κ3) is 3.71. The van der Waals surface area contributed by atoms with Gasteiger partial charge in [0.25, 0.3) is 0 Å². The van der Waals surface area contributed by atoms with Gasteiger partial charge in [-0.05, 0) is 17.7 Å². The number of carbonyl (C=O) groups is 1. The largest absolute Gasteiger partial charge is 0.416 e. The van der Waals surface area contributed by atoms with Crippen molar-refractivity contribution in [2.24, 2.45) is 0 Å². The van der Waals surface area contributed by atoms with E-state index in [1.807, 2.05) is 0 Å². The van der Waals surface area contributed by atoms with Gasteiger partial charge in [0.05, 0.1) is 19.1 Å². The number of rotatable bonds is 3. The standard InChI is InChI=1S/C11H11BrF3NO2/c1-16(18-2)10(17)5-7-3-4-8(12)6-9(7)11(13,14)15/h3-4,6H,5H2,1-2H3. The molecule has 0 spiro atoms. The Labute approximate surface area is 111 Å². The Morgan fingerprint density at radius 3 is 2.56 bits per heavy atom. The lowest BCUT2D eigenvalue weighted by Gasteiger charge is -2.16. The molecule has 0 saturated heterocycles. The first-order valence-electron chi connectivity index (χ1n) is 4.92. The van der Waals surface area contributed by atoms with Gasteiger partial charge in [0.15, 0.2) is 0 Å². The van der Waals surface area contributed by atoms with Crippen molar-refractivity contribution < 1.29 is 22.8 Å². The van der Waals surface area contributed by atoms with E-state index in [9.17, 15) is 18.0 Å². The van der Waals surface area contributed by atoms with E-state index in [2.05, 4.69) is 20.8 Å². The molecular formula is C11H11BrF3NO2. The van der Waals surface area contributed by atoms with Gasteiger partial charge in [-0.3, -0.25) is 9.63 Å². The van der Waals surface area contributed by atoms with Crippen LogP contribution in [0.15, 0.2) is 22.7 Å². The highest BCUT2D eigenvalue weighted by Gasteiger charge is 2.34. The van der Waals surface area contributed by atoms with Gasteiger partial charge >= 0.3 is 6.18 Å². The van der Waals surface area contributed by atoms with E-state index >= 15 is 0 Å². The fraction of sp³-hybridized carbons (Fsp3) is 0.364. The van der Waals surface area contributed by atoms with Gasteiger partial charge in [-0.15, -0.1) is 0 Å². The van der Waals surface area contributed by atoms with E-state index in [4.69, 9.17) is 0 Å². The molecular weight excluding hydrogens is 315 g/mol. The average molecular weight is 326 g/mol. The van der Waals surface area contributed by atoms with Crippen LogP contribution in [0.5, 0.6) is 0 Å². The Bertz CT molecular complexity index is 448. The maximum absolute atomic E-state index is 12.8. The number of benzene rings is 1. The maximum atomic E-state index is 12.8. The van der Waals surface area contributed by atoms with Crippen molar-refractivity contribution in [2.75, 3.05) is 14.2 Å². The van der Waals surface area contributed by atoms with Gasteiger partial charge < -0.3 is 0 Å². The molecule has 1 rings (SSSR count). The van der Waals surface area contributed by atoms with E-state index < -0.39 is 17.6 Å². The summed E-state index contributed by atoms with van der Waals surface area (Å²) in [6, 6.07) is 3.69. The highest BCUT2D eigenvalue weighted by atomic mass is 79.9. The molecule has 1 amide bonds. The van der Waals surface area contributed by atoms with E-state index in [0.29, 0.717) is 4.47 Å². The number of nitrogens with zero attached hydrogens (tertiary/aromatic N) is 1. The van der Waals surface area contributed by atoms with Crippen LogP contribution >= 0.6 is 15.9 Å². The first-order chi connectivity index (χ1) is 8.25. The van der Waals surface area contributed by atoms with Gasteiger partial charge in [0.2, 0.25) is 5.91 Å². The third-order valence-electron chi connectivity index (χ3n) is 2.34. The summed E-state index contributed by atoms with van der Waals surface area (Å²) < 4.78 is 38.7. The van der Waals surface area contributed by atoms with Gasteiger partial charge in [0, 0.05) is 11.5 Å². The zero-order chi connectivity index (χ0) is 13.9.